The van der Waals surface area contributed by atoms with E-state index in [0.29, 0.717) is 18.8 Å². The number of unbranched alkanes of at least 4 members (excludes halogenated alkanes) is 1. The molecule has 1 aliphatic carbocycles. The molecule has 5 nitrogen and oxygen atoms in total. The second-order valence-electron chi connectivity index (χ2n) is 10.0. The van der Waals surface area contributed by atoms with E-state index >= 15 is 0 Å². The number of carbonyl (C=O) groups is 1. The zero-order chi connectivity index (χ0) is 22.7. The second-order valence-corrected chi connectivity index (χ2v) is 10.0. The molecule has 176 valence electrons. The molecule has 1 saturated heterocycles. The second kappa shape index (κ2) is 10.3. The van der Waals surface area contributed by atoms with Gasteiger partial charge in [0.05, 0.1) is 5.92 Å². The minimum Gasteiger partial charge on any atom is -0.370 e. The summed E-state index contributed by atoms with van der Waals surface area (Å²) in [5.41, 5.74) is 3.19. The molecule has 0 aromatic heterocycles. The van der Waals surface area contributed by atoms with Crippen molar-refractivity contribution in [3.63, 3.8) is 0 Å². The van der Waals surface area contributed by atoms with Crippen LogP contribution >= 0.6 is 0 Å². The van der Waals surface area contributed by atoms with Gasteiger partial charge in [-0.3, -0.25) is 4.79 Å². The SMILES string of the molecule is CCCC[N+]1=C2C(C)CCC(F)C2CC1C(=O)Nc1cccc(N2CCCN(C)CC2)c1. The van der Waals surface area contributed by atoms with Crippen LogP contribution in [0.15, 0.2) is 24.3 Å². The number of alkyl halides is 1. The molecule has 1 N–H and O–H groups in total. The number of amides is 1. The third-order valence-electron chi connectivity index (χ3n) is 7.64. The lowest BCUT2D eigenvalue weighted by atomic mass is 9.78. The Morgan fingerprint density at radius 1 is 1.22 bits per heavy atom. The normalized spacial score (nSPS) is 29.1. The number of anilines is 2. The minimum atomic E-state index is -0.812. The maximum absolute atomic E-state index is 14.8. The maximum Gasteiger partial charge on any atom is 0.293 e. The number of fused-ring (bicyclic) bond motifs is 1. The van der Waals surface area contributed by atoms with Crippen molar-refractivity contribution in [2.75, 3.05) is 50.0 Å². The summed E-state index contributed by atoms with van der Waals surface area (Å²) in [6, 6.07) is 7.95. The lowest BCUT2D eigenvalue weighted by Gasteiger charge is -2.25. The van der Waals surface area contributed by atoms with E-state index in [1.165, 1.54) is 5.71 Å². The highest BCUT2D eigenvalue weighted by Gasteiger charge is 2.51. The Morgan fingerprint density at radius 3 is 2.88 bits per heavy atom. The average Bonchev–Trinajstić information content (AvgIpc) is 3.05. The fraction of sp³-hybridized carbons (Fsp3) is 0.692. The molecule has 3 aliphatic rings. The van der Waals surface area contributed by atoms with Gasteiger partial charge < -0.3 is 15.1 Å². The molecule has 1 aromatic rings. The van der Waals surface area contributed by atoms with Crippen LogP contribution < -0.4 is 10.2 Å². The van der Waals surface area contributed by atoms with Crippen LogP contribution in [0.3, 0.4) is 0 Å². The van der Waals surface area contributed by atoms with E-state index in [1.807, 2.05) is 12.1 Å². The largest absolute Gasteiger partial charge is 0.370 e. The number of benzene rings is 1. The van der Waals surface area contributed by atoms with Gasteiger partial charge in [-0.25, -0.2) is 8.97 Å². The summed E-state index contributed by atoms with van der Waals surface area (Å²) in [6.07, 6.45) is 4.55. The average molecular weight is 444 g/mol. The Kier molecular flexibility index (Phi) is 7.49. The molecular weight excluding hydrogens is 403 g/mol. The molecule has 0 spiro atoms. The van der Waals surface area contributed by atoms with Gasteiger partial charge in [-0.15, -0.1) is 0 Å². The zero-order valence-electron chi connectivity index (χ0n) is 20.0. The molecule has 2 fully saturated rings. The van der Waals surface area contributed by atoms with E-state index in [0.717, 1.165) is 69.8 Å². The highest BCUT2D eigenvalue weighted by Crippen LogP contribution is 2.37. The van der Waals surface area contributed by atoms with Crippen molar-refractivity contribution < 1.29 is 13.8 Å². The highest BCUT2D eigenvalue weighted by molar-refractivity contribution is 5.97. The van der Waals surface area contributed by atoms with Crippen LogP contribution in [0, 0.1) is 11.8 Å². The van der Waals surface area contributed by atoms with Gasteiger partial charge in [-0.2, -0.15) is 0 Å². The molecule has 1 aromatic carbocycles. The van der Waals surface area contributed by atoms with Crippen molar-refractivity contribution >= 4 is 23.0 Å². The fourth-order valence-electron chi connectivity index (χ4n) is 5.79. The number of likely N-dealkylation sites (N-methyl/N-ethyl adjacent to an activating group) is 1. The van der Waals surface area contributed by atoms with Gasteiger partial charge in [-0.1, -0.05) is 26.3 Å². The van der Waals surface area contributed by atoms with Crippen molar-refractivity contribution in [2.45, 2.75) is 64.6 Å². The minimum absolute atomic E-state index is 0.00940. The lowest BCUT2D eigenvalue weighted by Crippen LogP contribution is -2.39. The topological polar surface area (TPSA) is 38.6 Å². The van der Waals surface area contributed by atoms with Gasteiger partial charge in [0.1, 0.15) is 12.7 Å². The summed E-state index contributed by atoms with van der Waals surface area (Å²) in [5, 5.41) is 3.18. The molecule has 32 heavy (non-hydrogen) atoms. The Balaban J connectivity index is 1.50. The van der Waals surface area contributed by atoms with Crippen molar-refractivity contribution in [3.8, 4) is 0 Å². The molecule has 6 heteroatoms. The summed E-state index contributed by atoms with van der Waals surface area (Å²) < 4.78 is 17.1. The summed E-state index contributed by atoms with van der Waals surface area (Å²) in [4.78, 5) is 18.2. The van der Waals surface area contributed by atoms with Gasteiger partial charge >= 0.3 is 0 Å². The third kappa shape index (κ3) is 5.00. The number of halogens is 1. The van der Waals surface area contributed by atoms with E-state index in [2.05, 4.69) is 52.7 Å². The van der Waals surface area contributed by atoms with Crippen LogP contribution in [-0.2, 0) is 4.79 Å². The first-order valence-electron chi connectivity index (χ1n) is 12.6. The smallest absolute Gasteiger partial charge is 0.293 e. The Labute approximate surface area is 192 Å². The molecule has 4 rings (SSSR count). The van der Waals surface area contributed by atoms with E-state index in [9.17, 15) is 9.18 Å². The van der Waals surface area contributed by atoms with Crippen molar-refractivity contribution in [1.82, 2.24) is 4.90 Å². The Bertz CT molecular complexity index is 841. The van der Waals surface area contributed by atoms with Crippen LogP contribution in [-0.4, -0.2) is 73.1 Å². The molecule has 4 atom stereocenters. The van der Waals surface area contributed by atoms with Crippen LogP contribution in [0.4, 0.5) is 15.8 Å². The molecule has 4 unspecified atom stereocenters. The number of hydrogen-bond acceptors (Lipinski definition) is 3. The predicted molar refractivity (Wildman–Crippen MR) is 130 cm³/mol. The first-order chi connectivity index (χ1) is 15.5. The number of carbonyl (C=O) groups excluding carboxylic acids is 1. The first-order valence-corrected chi connectivity index (χ1v) is 12.6. The van der Waals surface area contributed by atoms with Crippen LogP contribution in [0.2, 0.25) is 0 Å². The van der Waals surface area contributed by atoms with Crippen LogP contribution in [0.5, 0.6) is 0 Å². The summed E-state index contributed by atoms with van der Waals surface area (Å²) >= 11 is 0. The molecule has 2 heterocycles. The lowest BCUT2D eigenvalue weighted by molar-refractivity contribution is -0.546. The standard InChI is InChI=1S/C26H39FN4O/c1-4-5-14-31-24(18-22-23(27)11-10-19(2)25(22)31)26(32)28-20-8-6-9-21(17-20)30-13-7-12-29(3)15-16-30/h6,8-9,17,19,22-24H,4-5,7,10-16,18H2,1-3H3/p+1. The molecule has 2 aliphatic heterocycles. The van der Waals surface area contributed by atoms with Gasteiger partial charge in [0.15, 0.2) is 5.71 Å². The third-order valence-corrected chi connectivity index (χ3v) is 7.64. The van der Waals surface area contributed by atoms with E-state index in [-0.39, 0.29) is 17.9 Å². The number of rotatable bonds is 6. The van der Waals surface area contributed by atoms with Gasteiger partial charge in [0.25, 0.3) is 5.91 Å². The zero-order valence-corrected chi connectivity index (χ0v) is 20.0. The Hall–Kier alpha value is -1.95. The summed E-state index contributed by atoms with van der Waals surface area (Å²) in [5.74, 6) is 0.285. The van der Waals surface area contributed by atoms with Gasteiger partial charge in [0, 0.05) is 49.8 Å². The van der Waals surface area contributed by atoms with E-state index in [1.54, 1.807) is 0 Å². The Morgan fingerprint density at radius 2 is 2.06 bits per heavy atom. The maximum atomic E-state index is 14.8. The molecule has 1 amide bonds. The first kappa shape index (κ1) is 23.2. The van der Waals surface area contributed by atoms with Crippen molar-refractivity contribution in [3.05, 3.63) is 24.3 Å². The molecule has 0 radical (unpaired) electrons. The van der Waals surface area contributed by atoms with Gasteiger partial charge in [0.2, 0.25) is 6.04 Å². The monoisotopic (exact) mass is 443 g/mol. The quantitative estimate of drug-likeness (QED) is 0.671. The molecular formula is C26H40FN4O+. The number of nitrogens with zero attached hydrogens (tertiary/aromatic N) is 3. The molecule has 1 saturated carbocycles. The fourth-order valence-corrected chi connectivity index (χ4v) is 5.79. The van der Waals surface area contributed by atoms with Gasteiger partial charge in [-0.05, 0) is 51.1 Å². The predicted octanol–water partition coefficient (Wildman–Crippen LogP) is 4.18. The summed E-state index contributed by atoms with van der Waals surface area (Å²) in [7, 11) is 2.17. The summed E-state index contributed by atoms with van der Waals surface area (Å²) in [6.45, 7) is 9.42. The van der Waals surface area contributed by atoms with Crippen LogP contribution in [0.25, 0.3) is 0 Å². The number of nitrogens with one attached hydrogen (secondary N) is 1. The highest BCUT2D eigenvalue weighted by atomic mass is 19.1. The van der Waals surface area contributed by atoms with E-state index < -0.39 is 6.17 Å². The molecule has 0 bridgehead atoms. The van der Waals surface area contributed by atoms with Crippen LogP contribution in [0.1, 0.15) is 52.4 Å². The van der Waals surface area contributed by atoms with E-state index in [4.69, 9.17) is 0 Å². The number of hydrogen-bond donors (Lipinski definition) is 1. The van der Waals surface area contributed by atoms with Crippen molar-refractivity contribution in [2.24, 2.45) is 11.8 Å². The van der Waals surface area contributed by atoms with Crippen molar-refractivity contribution in [1.29, 1.82) is 0 Å².